The summed E-state index contributed by atoms with van der Waals surface area (Å²) in [6.45, 7) is 4.13. The Morgan fingerprint density at radius 2 is 2.09 bits per heavy atom. The predicted molar refractivity (Wildman–Crippen MR) is 92.1 cm³/mol. The standard InChI is InChI=1S/C19H22N4/c1-14-12-22(2)19(21-14)17-9-5-11-23(17)13-16-7-3-6-15-8-4-10-20-18(15)16/h3-4,6-8,10,12,17H,5,9,11,13H2,1-2H3/t17-/m1/s1. The van der Waals surface area contributed by atoms with E-state index in [9.17, 15) is 0 Å². The van der Waals surface area contributed by atoms with Gasteiger partial charge in [0, 0.05) is 31.4 Å². The first-order chi connectivity index (χ1) is 11.2. The number of imidazole rings is 1. The molecule has 4 heteroatoms. The van der Waals surface area contributed by atoms with Crippen LogP contribution < -0.4 is 0 Å². The molecule has 1 aliphatic heterocycles. The molecule has 0 aliphatic carbocycles. The van der Waals surface area contributed by atoms with Gasteiger partial charge in [-0.3, -0.25) is 9.88 Å². The number of rotatable bonds is 3. The van der Waals surface area contributed by atoms with Gasteiger partial charge in [0.2, 0.25) is 0 Å². The van der Waals surface area contributed by atoms with Crippen molar-refractivity contribution < 1.29 is 0 Å². The van der Waals surface area contributed by atoms with Crippen LogP contribution in [0.1, 0.15) is 36.0 Å². The smallest absolute Gasteiger partial charge is 0.126 e. The monoisotopic (exact) mass is 306 g/mol. The van der Waals surface area contributed by atoms with Gasteiger partial charge in [0.1, 0.15) is 5.82 Å². The molecule has 3 aromatic rings. The van der Waals surface area contributed by atoms with Gasteiger partial charge in [0.15, 0.2) is 0 Å². The molecular weight excluding hydrogens is 284 g/mol. The topological polar surface area (TPSA) is 34.0 Å². The highest BCUT2D eigenvalue weighted by Crippen LogP contribution is 2.33. The number of hydrogen-bond acceptors (Lipinski definition) is 3. The highest BCUT2D eigenvalue weighted by atomic mass is 15.2. The maximum absolute atomic E-state index is 4.75. The molecular formula is C19H22N4. The third-order valence-electron chi connectivity index (χ3n) is 4.78. The fraction of sp³-hybridized carbons (Fsp3) is 0.368. The Kier molecular flexibility index (Phi) is 3.62. The second-order valence-corrected chi connectivity index (χ2v) is 6.47. The first kappa shape index (κ1) is 14.4. The lowest BCUT2D eigenvalue weighted by atomic mass is 10.1. The summed E-state index contributed by atoms with van der Waals surface area (Å²) in [6.07, 6.45) is 6.41. The van der Waals surface area contributed by atoms with Crippen LogP contribution in [0.3, 0.4) is 0 Å². The van der Waals surface area contributed by atoms with Crippen LogP contribution in [-0.2, 0) is 13.6 Å². The van der Waals surface area contributed by atoms with Crippen molar-refractivity contribution in [2.75, 3.05) is 6.54 Å². The van der Waals surface area contributed by atoms with Gasteiger partial charge in [0.05, 0.1) is 17.3 Å². The summed E-state index contributed by atoms with van der Waals surface area (Å²) in [4.78, 5) is 11.9. The molecule has 0 radical (unpaired) electrons. The maximum atomic E-state index is 4.75. The molecule has 0 spiro atoms. The van der Waals surface area contributed by atoms with Crippen LogP contribution in [0.4, 0.5) is 0 Å². The Balaban J connectivity index is 1.66. The molecule has 1 atom stereocenters. The average molecular weight is 306 g/mol. The van der Waals surface area contributed by atoms with Crippen LogP contribution >= 0.6 is 0 Å². The average Bonchev–Trinajstić information content (AvgIpc) is 3.13. The largest absolute Gasteiger partial charge is 0.336 e. The molecule has 4 nitrogen and oxygen atoms in total. The van der Waals surface area contributed by atoms with Gasteiger partial charge in [-0.05, 0) is 37.9 Å². The lowest BCUT2D eigenvalue weighted by molar-refractivity contribution is 0.237. The van der Waals surface area contributed by atoms with Gasteiger partial charge in [-0.25, -0.2) is 4.98 Å². The van der Waals surface area contributed by atoms with Gasteiger partial charge in [-0.2, -0.15) is 0 Å². The lowest BCUT2D eigenvalue weighted by Gasteiger charge is -2.24. The molecule has 4 rings (SSSR count). The van der Waals surface area contributed by atoms with Crippen molar-refractivity contribution in [3.05, 3.63) is 59.8 Å². The number of aromatic nitrogens is 3. The van der Waals surface area contributed by atoms with E-state index in [0.29, 0.717) is 6.04 Å². The first-order valence-electron chi connectivity index (χ1n) is 8.29. The fourth-order valence-electron chi connectivity index (χ4n) is 3.77. The van der Waals surface area contributed by atoms with E-state index < -0.39 is 0 Å². The van der Waals surface area contributed by atoms with Gasteiger partial charge in [-0.1, -0.05) is 24.3 Å². The normalized spacial score (nSPS) is 18.8. The number of benzene rings is 1. The zero-order chi connectivity index (χ0) is 15.8. The number of pyridine rings is 1. The molecule has 0 N–H and O–H groups in total. The fourth-order valence-corrected chi connectivity index (χ4v) is 3.77. The van der Waals surface area contributed by atoms with Gasteiger partial charge >= 0.3 is 0 Å². The van der Waals surface area contributed by atoms with Crippen LogP contribution in [0, 0.1) is 6.92 Å². The van der Waals surface area contributed by atoms with Crippen molar-refractivity contribution in [2.24, 2.45) is 7.05 Å². The molecule has 1 aromatic carbocycles. The second-order valence-electron chi connectivity index (χ2n) is 6.47. The molecule has 0 bridgehead atoms. The Morgan fingerprint density at radius 1 is 1.22 bits per heavy atom. The minimum atomic E-state index is 0.410. The molecule has 0 saturated carbocycles. The Labute approximate surface area is 136 Å². The van der Waals surface area contributed by atoms with Crippen molar-refractivity contribution >= 4 is 10.9 Å². The zero-order valence-corrected chi connectivity index (χ0v) is 13.7. The molecule has 0 unspecified atom stereocenters. The Morgan fingerprint density at radius 3 is 2.91 bits per heavy atom. The van der Waals surface area contributed by atoms with E-state index in [1.54, 1.807) is 0 Å². The van der Waals surface area contributed by atoms with Crippen molar-refractivity contribution in [1.29, 1.82) is 0 Å². The van der Waals surface area contributed by atoms with Crippen molar-refractivity contribution in [3.63, 3.8) is 0 Å². The van der Waals surface area contributed by atoms with Crippen LogP contribution in [0.2, 0.25) is 0 Å². The number of hydrogen-bond donors (Lipinski definition) is 0. The van der Waals surface area contributed by atoms with E-state index in [1.807, 2.05) is 12.3 Å². The third kappa shape index (κ3) is 2.63. The first-order valence-corrected chi connectivity index (χ1v) is 8.29. The minimum Gasteiger partial charge on any atom is -0.336 e. The van der Waals surface area contributed by atoms with Crippen LogP contribution in [-0.4, -0.2) is 26.0 Å². The van der Waals surface area contributed by atoms with E-state index >= 15 is 0 Å². The number of para-hydroxylation sites is 1. The van der Waals surface area contributed by atoms with Crippen molar-refractivity contribution in [3.8, 4) is 0 Å². The Hall–Kier alpha value is -2.20. The molecule has 3 heterocycles. The molecule has 1 saturated heterocycles. The molecule has 1 fully saturated rings. The molecule has 1 aliphatic rings. The van der Waals surface area contributed by atoms with Crippen LogP contribution in [0.5, 0.6) is 0 Å². The summed E-state index contributed by atoms with van der Waals surface area (Å²) in [5, 5.41) is 1.22. The number of fused-ring (bicyclic) bond motifs is 1. The van der Waals surface area contributed by atoms with Gasteiger partial charge in [-0.15, -0.1) is 0 Å². The SMILES string of the molecule is Cc1cn(C)c([C@H]2CCCN2Cc2cccc3cccnc23)n1. The minimum absolute atomic E-state index is 0.410. The molecule has 0 amide bonds. The molecule has 118 valence electrons. The molecule has 23 heavy (non-hydrogen) atoms. The lowest BCUT2D eigenvalue weighted by Crippen LogP contribution is -2.25. The number of nitrogens with zero attached hydrogens (tertiary/aromatic N) is 4. The zero-order valence-electron chi connectivity index (χ0n) is 13.7. The van der Waals surface area contributed by atoms with E-state index in [2.05, 4.69) is 58.9 Å². The van der Waals surface area contributed by atoms with Crippen LogP contribution in [0.25, 0.3) is 10.9 Å². The summed E-state index contributed by atoms with van der Waals surface area (Å²) >= 11 is 0. The summed E-state index contributed by atoms with van der Waals surface area (Å²) in [5.74, 6) is 1.19. The summed E-state index contributed by atoms with van der Waals surface area (Å²) in [5.41, 5.74) is 3.53. The highest BCUT2D eigenvalue weighted by molar-refractivity contribution is 5.81. The maximum Gasteiger partial charge on any atom is 0.126 e. The number of likely N-dealkylation sites (tertiary alicyclic amines) is 1. The Bertz CT molecular complexity index is 831. The van der Waals surface area contributed by atoms with Crippen molar-refractivity contribution in [2.45, 2.75) is 32.4 Å². The molecule has 2 aromatic heterocycles. The number of aryl methyl sites for hydroxylation is 2. The van der Waals surface area contributed by atoms with Gasteiger partial charge in [0.25, 0.3) is 0 Å². The van der Waals surface area contributed by atoms with E-state index in [0.717, 1.165) is 24.3 Å². The van der Waals surface area contributed by atoms with Crippen LogP contribution in [0.15, 0.2) is 42.7 Å². The quantitative estimate of drug-likeness (QED) is 0.741. The summed E-state index contributed by atoms with van der Waals surface area (Å²) in [7, 11) is 2.10. The summed E-state index contributed by atoms with van der Waals surface area (Å²) in [6, 6.07) is 11.0. The predicted octanol–water partition coefficient (Wildman–Crippen LogP) is 3.61. The third-order valence-corrected chi connectivity index (χ3v) is 4.78. The highest BCUT2D eigenvalue weighted by Gasteiger charge is 2.29. The van der Waals surface area contributed by atoms with E-state index in [-0.39, 0.29) is 0 Å². The van der Waals surface area contributed by atoms with Crippen molar-refractivity contribution in [1.82, 2.24) is 19.4 Å². The van der Waals surface area contributed by atoms with E-state index in [1.165, 1.54) is 29.6 Å². The summed E-state index contributed by atoms with van der Waals surface area (Å²) < 4.78 is 2.18. The second kappa shape index (κ2) is 5.78. The van der Waals surface area contributed by atoms with E-state index in [4.69, 9.17) is 4.98 Å². The van der Waals surface area contributed by atoms with Gasteiger partial charge < -0.3 is 4.57 Å².